The zero-order valence-electron chi connectivity index (χ0n) is 50.3. The molecule has 0 unspecified atom stereocenters. The van der Waals surface area contributed by atoms with Crippen molar-refractivity contribution in [2.24, 2.45) is 69.0 Å². The van der Waals surface area contributed by atoms with Crippen LogP contribution in [0.2, 0.25) is 0 Å². The number of ketones is 2. The predicted molar refractivity (Wildman–Crippen MR) is 312 cm³/mol. The minimum absolute atomic E-state index is 0.0934. The van der Waals surface area contributed by atoms with Crippen LogP contribution in [-0.4, -0.2) is 62.4 Å². The minimum Gasteiger partial charge on any atom is -0.378 e. The van der Waals surface area contributed by atoms with E-state index in [0.717, 1.165) is 85.3 Å². The van der Waals surface area contributed by atoms with E-state index in [9.17, 15) is 9.59 Å². The van der Waals surface area contributed by atoms with Crippen LogP contribution in [0.4, 0.5) is 0 Å². The van der Waals surface area contributed by atoms with Crippen LogP contribution >= 0.6 is 0 Å². The van der Waals surface area contributed by atoms with Gasteiger partial charge < -0.3 is 18.9 Å². The molecule has 0 saturated heterocycles. The molecule has 10 aliphatic carbocycles. The van der Waals surface area contributed by atoms with E-state index in [1.807, 2.05) is 0 Å². The number of carbonyl (C=O) groups is 2. The fourth-order valence-electron chi connectivity index (χ4n) is 19.7. The van der Waals surface area contributed by atoms with Gasteiger partial charge in [-0.15, -0.1) is 0 Å². The average molecular weight is 1060 g/mol. The molecule has 0 aromatic heterocycles. The lowest BCUT2D eigenvalue weighted by molar-refractivity contribution is -0.171. The highest BCUT2D eigenvalue weighted by molar-refractivity contribution is 5.97. The number of hydrogen-bond acceptors (Lipinski definition) is 6. The Hall–Kier alpha value is -0.820. The number of carbonyl (C=O) groups excluding carboxylic acids is 2. The van der Waals surface area contributed by atoms with Crippen molar-refractivity contribution in [1.29, 1.82) is 0 Å². The molecule has 0 aromatic carbocycles. The van der Waals surface area contributed by atoms with E-state index < -0.39 is 0 Å². The van der Waals surface area contributed by atoms with Gasteiger partial charge in [-0.2, -0.15) is 0 Å². The highest BCUT2D eigenvalue weighted by Crippen LogP contribution is 2.67. The third kappa shape index (κ3) is 14.7. The maximum absolute atomic E-state index is 13.8. The predicted octanol–water partition coefficient (Wildman–Crippen LogP) is 18.9. The molecular formula is C70H120O6. The van der Waals surface area contributed by atoms with Crippen molar-refractivity contribution in [2.45, 2.75) is 335 Å². The molecule has 6 nitrogen and oxygen atoms in total. The first kappa shape index (κ1) is 59.8. The first-order valence-electron chi connectivity index (χ1n) is 34.7. The van der Waals surface area contributed by atoms with E-state index in [2.05, 4.69) is 27.7 Å². The molecule has 10 aliphatic rings. The van der Waals surface area contributed by atoms with Crippen molar-refractivity contribution >= 4 is 11.6 Å². The second kappa shape index (κ2) is 28.9. The van der Waals surface area contributed by atoms with Gasteiger partial charge in [0, 0.05) is 48.1 Å². The number of unbranched alkanes of at least 4 members (excludes halogenated alkanes) is 6. The number of rotatable bonds is 22. The zero-order chi connectivity index (χ0) is 52.9. The molecule has 0 amide bonds. The molecule has 10 saturated carbocycles. The van der Waals surface area contributed by atoms with Crippen LogP contribution in [0.15, 0.2) is 0 Å². The molecule has 76 heavy (non-hydrogen) atoms. The van der Waals surface area contributed by atoms with Crippen LogP contribution in [0.3, 0.4) is 0 Å². The van der Waals surface area contributed by atoms with Gasteiger partial charge in [-0.1, -0.05) is 66.2 Å². The van der Waals surface area contributed by atoms with E-state index in [-0.39, 0.29) is 21.7 Å². The first-order chi connectivity index (χ1) is 37.1. The molecule has 0 heterocycles. The topological polar surface area (TPSA) is 71.1 Å². The van der Waals surface area contributed by atoms with Gasteiger partial charge in [-0.3, -0.25) is 9.59 Å². The highest BCUT2D eigenvalue weighted by Gasteiger charge is 2.65. The molecule has 10 fully saturated rings. The zero-order valence-corrected chi connectivity index (χ0v) is 50.3. The van der Waals surface area contributed by atoms with E-state index in [0.29, 0.717) is 24.4 Å². The Labute approximate surface area is 468 Å². The molecule has 0 N–H and O–H groups in total. The van der Waals surface area contributed by atoms with Crippen LogP contribution in [0.25, 0.3) is 0 Å². The van der Waals surface area contributed by atoms with Crippen molar-refractivity contribution in [1.82, 2.24) is 0 Å². The van der Waals surface area contributed by atoms with Gasteiger partial charge in [0.2, 0.25) is 0 Å². The third-order valence-electron chi connectivity index (χ3n) is 24.7. The summed E-state index contributed by atoms with van der Waals surface area (Å²) < 4.78 is 24.6. The highest BCUT2D eigenvalue weighted by atomic mass is 16.5. The van der Waals surface area contributed by atoms with Crippen molar-refractivity contribution in [2.75, 3.05) is 26.4 Å². The lowest BCUT2D eigenvalue weighted by Gasteiger charge is -2.60. The maximum Gasteiger partial charge on any atom is 0.145 e. The molecule has 0 bridgehead atoms. The van der Waals surface area contributed by atoms with Crippen molar-refractivity contribution in [3.05, 3.63) is 0 Å². The van der Waals surface area contributed by atoms with E-state index in [1.54, 1.807) is 0 Å². The molecule has 0 radical (unpaired) electrons. The lowest BCUT2D eigenvalue weighted by atomic mass is 9.42. The SMILES string of the molecule is CCCCCOC1CCC(C2CCC3(CC2)CC2(CCC(C4CCC(OCCCCC)CC4)CC2)C3=O)CC1.CCCCOC1CCC(C2CCC3(CC2)CC2(CCC(C4CCC(OCCCC)CC4)CC2)C3=O)CC1. The largest absolute Gasteiger partial charge is 0.378 e. The van der Waals surface area contributed by atoms with Gasteiger partial charge in [0.1, 0.15) is 11.6 Å². The third-order valence-corrected chi connectivity index (χ3v) is 24.7. The summed E-state index contributed by atoms with van der Waals surface area (Å²) in [5.74, 6) is 8.55. The lowest BCUT2D eigenvalue weighted by Crippen LogP contribution is -2.60. The molecule has 436 valence electrons. The van der Waals surface area contributed by atoms with Gasteiger partial charge >= 0.3 is 0 Å². The van der Waals surface area contributed by atoms with Gasteiger partial charge in [0.05, 0.1) is 24.4 Å². The summed E-state index contributed by atoms with van der Waals surface area (Å²) in [6.07, 6.45) is 58.3. The Bertz CT molecular complexity index is 1560. The average Bonchev–Trinajstić information content (AvgIpc) is 3.48. The Kier molecular flexibility index (Phi) is 22.8. The number of ether oxygens (including phenoxy) is 4. The summed E-state index contributed by atoms with van der Waals surface area (Å²) in [7, 11) is 0. The van der Waals surface area contributed by atoms with Crippen LogP contribution in [-0.2, 0) is 28.5 Å². The summed E-state index contributed by atoms with van der Waals surface area (Å²) in [6.45, 7) is 12.9. The van der Waals surface area contributed by atoms with Gasteiger partial charge in [-0.25, -0.2) is 0 Å². The molecule has 0 atom stereocenters. The maximum atomic E-state index is 13.8. The summed E-state index contributed by atoms with van der Waals surface area (Å²) in [5.41, 5.74) is 0.377. The number of Topliss-reactive ketones (excluding diaryl/α,β-unsaturated/α-hetero) is 2. The molecule has 0 aliphatic heterocycles. The fourth-order valence-corrected chi connectivity index (χ4v) is 19.7. The van der Waals surface area contributed by atoms with E-state index >= 15 is 0 Å². The van der Waals surface area contributed by atoms with Crippen molar-refractivity contribution < 1.29 is 28.5 Å². The van der Waals surface area contributed by atoms with Gasteiger partial charge in [0.15, 0.2) is 0 Å². The van der Waals surface area contributed by atoms with E-state index in [4.69, 9.17) is 18.9 Å². The molecule has 0 aromatic rings. The Balaban J connectivity index is 0.000000186. The van der Waals surface area contributed by atoms with Crippen molar-refractivity contribution in [3.8, 4) is 0 Å². The van der Waals surface area contributed by atoms with Gasteiger partial charge in [-0.05, 0) is 291 Å². The smallest absolute Gasteiger partial charge is 0.145 e. The molecule has 10 rings (SSSR count). The van der Waals surface area contributed by atoms with Gasteiger partial charge in [0.25, 0.3) is 0 Å². The number of hydrogen-bond donors (Lipinski definition) is 0. The van der Waals surface area contributed by atoms with Crippen LogP contribution in [0.1, 0.15) is 310 Å². The van der Waals surface area contributed by atoms with Crippen LogP contribution in [0, 0.1) is 69.0 Å². The monoisotopic (exact) mass is 1060 g/mol. The molecule has 4 spiro atoms. The second-order valence-electron chi connectivity index (χ2n) is 29.2. The Morgan fingerprint density at radius 3 is 0.671 bits per heavy atom. The summed E-state index contributed by atoms with van der Waals surface area (Å²) in [6, 6.07) is 0. The normalized spacial score (nSPS) is 41.9. The van der Waals surface area contributed by atoms with E-state index in [1.165, 1.54) is 283 Å². The minimum atomic E-state index is 0.0934. The molecular weight excluding hydrogens is 937 g/mol. The second-order valence-corrected chi connectivity index (χ2v) is 29.2. The van der Waals surface area contributed by atoms with Crippen molar-refractivity contribution in [3.63, 3.8) is 0 Å². The standard InChI is InChI=1S/C36H62O3.C34H58O3/c1-3-5-7-25-38-32-13-9-28(10-14-32)30-17-21-35(22-18-30)27-36(34(35)37)23-19-31(20-24-36)29-11-15-33(16-12-29)39-26-8-6-4-2;1-3-5-23-36-30-11-7-26(8-12-30)28-15-19-33(20-16-28)25-34(32(33)35)21-17-29(18-22-34)27-9-13-31(14-10-27)37-24-6-4-2/h28-33H,3-27H2,1-2H3;26-31H,3-25H2,1-2H3. The summed E-state index contributed by atoms with van der Waals surface area (Å²) in [5, 5.41) is 0. The fraction of sp³-hybridized carbons (Fsp3) is 0.971. The first-order valence-corrected chi connectivity index (χ1v) is 34.7. The van der Waals surface area contributed by atoms with Crippen LogP contribution in [0.5, 0.6) is 0 Å². The summed E-state index contributed by atoms with van der Waals surface area (Å²) >= 11 is 0. The summed E-state index contributed by atoms with van der Waals surface area (Å²) in [4.78, 5) is 27.6. The van der Waals surface area contributed by atoms with Crippen LogP contribution < -0.4 is 0 Å². The Morgan fingerprint density at radius 2 is 0.474 bits per heavy atom. The quantitative estimate of drug-likeness (QED) is 0.101. The molecule has 6 heteroatoms. The Morgan fingerprint density at radius 1 is 0.276 bits per heavy atom.